The van der Waals surface area contributed by atoms with Crippen molar-refractivity contribution in [3.63, 3.8) is 0 Å². The van der Waals surface area contributed by atoms with Gasteiger partial charge in [-0.3, -0.25) is 4.68 Å². The van der Waals surface area contributed by atoms with Crippen LogP contribution in [0.4, 0.5) is 0 Å². The summed E-state index contributed by atoms with van der Waals surface area (Å²) in [6.07, 6.45) is 4.03. The number of aryl methyl sites for hydroxylation is 2. The van der Waals surface area contributed by atoms with Gasteiger partial charge in [0.1, 0.15) is 16.7 Å². The van der Waals surface area contributed by atoms with Crippen LogP contribution >= 0.6 is 11.8 Å². The molecule has 1 aliphatic heterocycles. The van der Waals surface area contributed by atoms with E-state index in [-0.39, 0.29) is 0 Å². The molecule has 0 aliphatic carbocycles. The number of nitrogens with zero attached hydrogens (tertiary/aromatic N) is 7. The Bertz CT molecular complexity index is 922. The zero-order valence-corrected chi connectivity index (χ0v) is 16.4. The van der Waals surface area contributed by atoms with E-state index < -0.39 is 0 Å². The Labute approximate surface area is 156 Å². The average molecular weight is 373 g/mol. The summed E-state index contributed by atoms with van der Waals surface area (Å²) in [6, 6.07) is 0.296. The van der Waals surface area contributed by atoms with Crippen LogP contribution in [0.25, 0.3) is 11.0 Å². The summed E-state index contributed by atoms with van der Waals surface area (Å²) >= 11 is 1.55. The van der Waals surface area contributed by atoms with Gasteiger partial charge < -0.3 is 9.88 Å². The van der Waals surface area contributed by atoms with Crippen molar-refractivity contribution in [2.24, 2.45) is 7.05 Å². The molecular weight excluding hydrogens is 348 g/mol. The number of hydrogen-bond donors (Lipinski definition) is 1. The Balaban J connectivity index is 1.74. The molecule has 3 aromatic rings. The van der Waals surface area contributed by atoms with E-state index in [0.717, 1.165) is 58.8 Å². The molecule has 3 aromatic heterocycles. The third-order valence-corrected chi connectivity index (χ3v) is 5.73. The summed E-state index contributed by atoms with van der Waals surface area (Å²) in [7, 11) is 1.90. The minimum absolute atomic E-state index is 0.296. The monoisotopic (exact) mass is 372 g/mol. The minimum atomic E-state index is 0.296. The third-order valence-electron chi connectivity index (χ3n) is 4.77. The molecule has 4 heterocycles. The van der Waals surface area contributed by atoms with Gasteiger partial charge in [-0.1, -0.05) is 0 Å². The maximum atomic E-state index is 4.64. The number of fused-ring (bicyclic) bond motifs is 1. The van der Waals surface area contributed by atoms with E-state index in [1.807, 2.05) is 20.2 Å². The lowest BCUT2D eigenvalue weighted by Gasteiger charge is -2.24. The lowest BCUT2D eigenvalue weighted by atomic mass is 9.97. The summed E-state index contributed by atoms with van der Waals surface area (Å²) < 4.78 is 4.04. The van der Waals surface area contributed by atoms with Crippen molar-refractivity contribution in [1.82, 2.24) is 39.8 Å². The Morgan fingerprint density at radius 1 is 1.19 bits per heavy atom. The highest BCUT2D eigenvalue weighted by Gasteiger charge is 2.25. The molecule has 138 valence electrons. The van der Waals surface area contributed by atoms with E-state index in [1.54, 1.807) is 16.4 Å². The Morgan fingerprint density at radius 3 is 2.69 bits per heavy atom. The average Bonchev–Trinajstić information content (AvgIpc) is 3.20. The molecule has 0 aromatic carbocycles. The molecule has 1 aliphatic rings. The van der Waals surface area contributed by atoms with Crippen molar-refractivity contribution in [1.29, 1.82) is 0 Å². The van der Waals surface area contributed by atoms with E-state index in [4.69, 9.17) is 0 Å². The van der Waals surface area contributed by atoms with Crippen molar-refractivity contribution in [2.45, 2.75) is 55.8 Å². The Morgan fingerprint density at radius 2 is 1.96 bits per heavy atom. The first-order valence-corrected chi connectivity index (χ1v) is 9.86. The molecule has 4 rings (SSSR count). The molecule has 0 radical (unpaired) electrons. The summed E-state index contributed by atoms with van der Waals surface area (Å²) in [5.74, 6) is 2.29. The van der Waals surface area contributed by atoms with Crippen LogP contribution in [0.5, 0.6) is 0 Å². The SMILES string of the molecule is Cc1nc(Sc2nnc(C3CCNCC3)n2C(C)C)c2cnn(C)c2n1. The Kier molecular flexibility index (Phi) is 4.66. The Hall–Kier alpha value is -2.00. The molecule has 0 unspecified atom stereocenters. The maximum Gasteiger partial charge on any atom is 0.197 e. The van der Waals surface area contributed by atoms with Crippen LogP contribution in [0.3, 0.4) is 0 Å². The van der Waals surface area contributed by atoms with E-state index in [1.165, 1.54) is 0 Å². The van der Waals surface area contributed by atoms with Gasteiger partial charge in [-0.15, -0.1) is 10.2 Å². The first-order valence-electron chi connectivity index (χ1n) is 9.04. The molecule has 8 nitrogen and oxygen atoms in total. The first-order chi connectivity index (χ1) is 12.5. The summed E-state index contributed by atoms with van der Waals surface area (Å²) in [4.78, 5) is 9.14. The van der Waals surface area contributed by atoms with E-state index in [2.05, 4.69) is 49.0 Å². The predicted octanol–water partition coefficient (Wildman–Crippen LogP) is 2.46. The van der Waals surface area contributed by atoms with Crippen LogP contribution in [0, 0.1) is 6.92 Å². The third kappa shape index (κ3) is 3.09. The standard InChI is InChI=1S/C17H24N8S/c1-10(2)25-14(12-5-7-18-8-6-12)22-23-17(25)26-16-13-9-19-24(4)15(13)20-11(3)21-16/h9-10,12,18H,5-8H2,1-4H3. The van der Waals surface area contributed by atoms with Gasteiger partial charge in [-0.25, -0.2) is 9.97 Å². The smallest absolute Gasteiger partial charge is 0.197 e. The fourth-order valence-corrected chi connectivity index (χ4v) is 4.56. The van der Waals surface area contributed by atoms with Gasteiger partial charge in [0.2, 0.25) is 0 Å². The molecule has 0 amide bonds. The number of hydrogen-bond acceptors (Lipinski definition) is 7. The van der Waals surface area contributed by atoms with Gasteiger partial charge in [-0.05, 0) is 58.5 Å². The van der Waals surface area contributed by atoms with Crippen LogP contribution in [-0.4, -0.2) is 47.6 Å². The molecule has 0 atom stereocenters. The van der Waals surface area contributed by atoms with E-state index >= 15 is 0 Å². The number of nitrogens with one attached hydrogen (secondary N) is 1. The van der Waals surface area contributed by atoms with Gasteiger partial charge in [0.25, 0.3) is 0 Å². The zero-order chi connectivity index (χ0) is 18.3. The van der Waals surface area contributed by atoms with Gasteiger partial charge in [-0.2, -0.15) is 5.10 Å². The molecule has 1 saturated heterocycles. The second-order valence-corrected chi connectivity index (χ2v) is 7.97. The van der Waals surface area contributed by atoms with Crippen molar-refractivity contribution < 1.29 is 0 Å². The molecule has 0 bridgehead atoms. The number of rotatable bonds is 4. The van der Waals surface area contributed by atoms with Crippen LogP contribution in [0.15, 0.2) is 16.4 Å². The van der Waals surface area contributed by atoms with Crippen molar-refractivity contribution in [3.05, 3.63) is 17.8 Å². The highest BCUT2D eigenvalue weighted by atomic mass is 32.2. The van der Waals surface area contributed by atoms with Crippen molar-refractivity contribution >= 4 is 22.8 Å². The molecule has 26 heavy (non-hydrogen) atoms. The predicted molar refractivity (Wildman–Crippen MR) is 100 cm³/mol. The lowest BCUT2D eigenvalue weighted by molar-refractivity contribution is 0.412. The van der Waals surface area contributed by atoms with Gasteiger partial charge in [0.05, 0.1) is 11.6 Å². The zero-order valence-electron chi connectivity index (χ0n) is 15.6. The maximum absolute atomic E-state index is 4.64. The van der Waals surface area contributed by atoms with Crippen molar-refractivity contribution in [2.75, 3.05) is 13.1 Å². The van der Waals surface area contributed by atoms with Crippen LogP contribution in [0.1, 0.15) is 50.3 Å². The molecular formula is C17H24N8S. The molecule has 1 fully saturated rings. The quantitative estimate of drug-likeness (QED) is 0.704. The van der Waals surface area contributed by atoms with Crippen LogP contribution in [0.2, 0.25) is 0 Å². The topological polar surface area (TPSA) is 86.3 Å². The van der Waals surface area contributed by atoms with Gasteiger partial charge in [0.15, 0.2) is 10.8 Å². The summed E-state index contributed by atoms with van der Waals surface area (Å²) in [5.41, 5.74) is 0.842. The minimum Gasteiger partial charge on any atom is -0.317 e. The molecule has 1 N–H and O–H groups in total. The number of piperidine rings is 1. The highest BCUT2D eigenvalue weighted by molar-refractivity contribution is 7.99. The fourth-order valence-electron chi connectivity index (χ4n) is 3.47. The molecule has 0 spiro atoms. The second kappa shape index (κ2) is 6.96. The summed E-state index contributed by atoms with van der Waals surface area (Å²) in [5, 5.41) is 19.5. The molecule has 0 saturated carbocycles. The van der Waals surface area contributed by atoms with Gasteiger partial charge >= 0.3 is 0 Å². The second-order valence-electron chi connectivity index (χ2n) is 7.01. The normalized spacial score (nSPS) is 16.0. The van der Waals surface area contributed by atoms with E-state index in [0.29, 0.717) is 12.0 Å². The fraction of sp³-hybridized carbons (Fsp3) is 0.588. The van der Waals surface area contributed by atoms with Crippen LogP contribution in [-0.2, 0) is 7.05 Å². The van der Waals surface area contributed by atoms with Gasteiger partial charge in [0, 0.05) is 19.0 Å². The highest BCUT2D eigenvalue weighted by Crippen LogP contribution is 2.35. The largest absolute Gasteiger partial charge is 0.317 e. The molecule has 9 heteroatoms. The van der Waals surface area contributed by atoms with Crippen LogP contribution < -0.4 is 5.32 Å². The number of aromatic nitrogens is 7. The van der Waals surface area contributed by atoms with E-state index in [9.17, 15) is 0 Å². The van der Waals surface area contributed by atoms with Crippen molar-refractivity contribution in [3.8, 4) is 0 Å². The summed E-state index contributed by atoms with van der Waals surface area (Å²) in [6.45, 7) is 8.36. The first kappa shape index (κ1) is 17.4. The lowest BCUT2D eigenvalue weighted by Crippen LogP contribution is -2.28.